The molecule has 0 spiro atoms. The number of anilines is 2. The van der Waals surface area contributed by atoms with Gasteiger partial charge in [0.2, 0.25) is 0 Å². The standard InChI is InChI=1S/C27H32N8O2/c1-32-10-14-34(15-11-32)19-8-6-18(7-9-19)24-23-25(30-29-24)20-4-3-5-21(22(20)26(23)36)28-27(37)31-35-16-12-33(2)13-17-35/h3-9,25H,10-17H2,1-2H3,(H2,28,31,37). The Kier molecular flexibility index (Phi) is 6.23. The number of rotatable bonds is 4. The lowest BCUT2D eigenvalue weighted by Crippen LogP contribution is -2.53. The molecule has 3 heterocycles. The van der Waals surface area contributed by atoms with Crippen molar-refractivity contribution in [3.05, 3.63) is 64.7 Å². The molecule has 2 saturated heterocycles. The summed E-state index contributed by atoms with van der Waals surface area (Å²) in [6, 6.07) is 13.0. The lowest BCUT2D eigenvalue weighted by Gasteiger charge is -2.34. The van der Waals surface area contributed by atoms with Gasteiger partial charge in [-0.15, -0.1) is 0 Å². The van der Waals surface area contributed by atoms with E-state index < -0.39 is 6.04 Å². The normalized spacial score (nSPS) is 22.4. The molecule has 0 saturated carbocycles. The van der Waals surface area contributed by atoms with Crippen molar-refractivity contribution in [1.29, 1.82) is 0 Å². The number of urea groups is 1. The molecule has 192 valence electrons. The van der Waals surface area contributed by atoms with Crippen molar-refractivity contribution in [1.82, 2.24) is 20.2 Å². The quantitative estimate of drug-likeness (QED) is 0.670. The lowest BCUT2D eigenvalue weighted by molar-refractivity contribution is 0.103. The molecule has 1 unspecified atom stereocenters. The van der Waals surface area contributed by atoms with Crippen LogP contribution in [0.4, 0.5) is 16.2 Å². The molecule has 6 rings (SSSR count). The summed E-state index contributed by atoms with van der Waals surface area (Å²) >= 11 is 0. The average molecular weight is 501 g/mol. The van der Waals surface area contributed by atoms with Crippen LogP contribution in [0.5, 0.6) is 0 Å². The van der Waals surface area contributed by atoms with Gasteiger partial charge in [-0.05, 0) is 37.9 Å². The SMILES string of the molecule is CN1CCN(NC(=O)Nc2cccc3c2C(=O)C2=C(c4ccc(N5CCN(C)CC5)cc4)N=NC23)CC1. The molecule has 1 atom stereocenters. The van der Waals surface area contributed by atoms with Crippen LogP contribution in [0, 0.1) is 0 Å². The molecule has 4 aliphatic rings. The van der Waals surface area contributed by atoms with Crippen LogP contribution in [-0.4, -0.2) is 93.1 Å². The van der Waals surface area contributed by atoms with Gasteiger partial charge in [0, 0.05) is 63.6 Å². The van der Waals surface area contributed by atoms with E-state index in [0.717, 1.165) is 63.5 Å². The van der Waals surface area contributed by atoms with Gasteiger partial charge in [-0.1, -0.05) is 24.3 Å². The Balaban J connectivity index is 1.21. The molecule has 2 N–H and O–H groups in total. The number of benzene rings is 2. The molecule has 1 aliphatic carbocycles. The van der Waals surface area contributed by atoms with Crippen LogP contribution in [0.25, 0.3) is 5.70 Å². The molecule has 2 amide bonds. The van der Waals surface area contributed by atoms with E-state index in [0.29, 0.717) is 22.5 Å². The Morgan fingerprint density at radius 1 is 0.892 bits per heavy atom. The van der Waals surface area contributed by atoms with Gasteiger partial charge in [0.15, 0.2) is 5.78 Å². The Morgan fingerprint density at radius 2 is 1.57 bits per heavy atom. The van der Waals surface area contributed by atoms with Crippen LogP contribution < -0.4 is 15.6 Å². The highest BCUT2D eigenvalue weighted by molar-refractivity contribution is 6.22. The van der Waals surface area contributed by atoms with E-state index in [2.05, 4.69) is 61.9 Å². The van der Waals surface area contributed by atoms with Crippen molar-refractivity contribution in [2.75, 3.05) is 76.7 Å². The highest BCUT2D eigenvalue weighted by Gasteiger charge is 2.42. The number of carbonyl (C=O) groups is 2. The molecule has 0 bridgehead atoms. The molecule has 2 aromatic rings. The van der Waals surface area contributed by atoms with Crippen molar-refractivity contribution in [2.45, 2.75) is 6.04 Å². The smallest absolute Gasteiger partial charge is 0.333 e. The van der Waals surface area contributed by atoms with Crippen LogP contribution in [-0.2, 0) is 0 Å². The largest absolute Gasteiger partial charge is 0.369 e. The first kappa shape index (κ1) is 23.8. The number of hydrogen-bond acceptors (Lipinski definition) is 8. The second-order valence-corrected chi connectivity index (χ2v) is 10.2. The molecule has 10 nitrogen and oxygen atoms in total. The number of azo groups is 1. The third-order valence-electron chi connectivity index (χ3n) is 7.69. The van der Waals surface area contributed by atoms with E-state index in [9.17, 15) is 9.59 Å². The highest BCUT2D eigenvalue weighted by atomic mass is 16.2. The first-order chi connectivity index (χ1) is 18.0. The number of carbonyl (C=O) groups excluding carboxylic acids is 2. The highest BCUT2D eigenvalue weighted by Crippen LogP contribution is 2.49. The number of piperazine rings is 2. The number of ketones is 1. The fourth-order valence-corrected chi connectivity index (χ4v) is 5.42. The van der Waals surface area contributed by atoms with E-state index in [4.69, 9.17) is 0 Å². The van der Waals surface area contributed by atoms with Gasteiger partial charge in [0.25, 0.3) is 0 Å². The van der Waals surface area contributed by atoms with E-state index in [1.54, 1.807) is 6.07 Å². The number of nitrogens with zero attached hydrogens (tertiary/aromatic N) is 6. The first-order valence-electron chi connectivity index (χ1n) is 12.9. The number of amides is 2. The summed E-state index contributed by atoms with van der Waals surface area (Å²) < 4.78 is 0. The summed E-state index contributed by atoms with van der Waals surface area (Å²) in [6.45, 7) is 7.37. The third-order valence-corrected chi connectivity index (χ3v) is 7.69. The van der Waals surface area contributed by atoms with E-state index in [-0.39, 0.29) is 11.8 Å². The van der Waals surface area contributed by atoms with E-state index in [1.165, 1.54) is 5.69 Å². The average Bonchev–Trinajstić information content (AvgIpc) is 3.46. The summed E-state index contributed by atoms with van der Waals surface area (Å²) in [5.41, 5.74) is 7.92. The lowest BCUT2D eigenvalue weighted by atomic mass is 10.0. The molecule has 0 aromatic heterocycles. The summed E-state index contributed by atoms with van der Waals surface area (Å²) in [5, 5.41) is 13.7. The number of Topliss-reactive ketones (excluding diaryl/α,β-unsaturated/α-hetero) is 1. The van der Waals surface area contributed by atoms with Crippen LogP contribution in [0.1, 0.15) is 27.5 Å². The second kappa shape index (κ2) is 9.70. The Labute approximate surface area is 216 Å². The van der Waals surface area contributed by atoms with Crippen molar-refractivity contribution < 1.29 is 9.59 Å². The molecule has 2 aromatic carbocycles. The van der Waals surface area contributed by atoms with Gasteiger partial charge in [-0.3, -0.25) is 10.2 Å². The molecule has 0 radical (unpaired) electrons. The number of fused-ring (bicyclic) bond motifs is 3. The van der Waals surface area contributed by atoms with Gasteiger partial charge in [-0.25, -0.2) is 9.80 Å². The van der Waals surface area contributed by atoms with E-state index >= 15 is 0 Å². The van der Waals surface area contributed by atoms with Crippen LogP contribution in [0.3, 0.4) is 0 Å². The predicted molar refractivity (Wildman–Crippen MR) is 143 cm³/mol. The summed E-state index contributed by atoms with van der Waals surface area (Å²) in [6.07, 6.45) is 0. The number of likely N-dealkylation sites (N-methyl/N-ethyl adjacent to an activating group) is 2. The Morgan fingerprint density at radius 3 is 2.27 bits per heavy atom. The van der Waals surface area contributed by atoms with Crippen molar-refractivity contribution in [2.24, 2.45) is 10.2 Å². The maximum absolute atomic E-state index is 13.7. The zero-order valence-electron chi connectivity index (χ0n) is 21.3. The number of hydrazine groups is 1. The molecular formula is C27H32N8O2. The van der Waals surface area contributed by atoms with E-state index in [1.807, 2.05) is 29.3 Å². The molecule has 37 heavy (non-hydrogen) atoms. The Hall–Kier alpha value is -3.60. The van der Waals surface area contributed by atoms with Crippen LogP contribution in [0.2, 0.25) is 0 Å². The summed E-state index contributed by atoms with van der Waals surface area (Å²) in [7, 11) is 4.21. The van der Waals surface area contributed by atoms with Crippen LogP contribution in [0.15, 0.2) is 58.3 Å². The minimum absolute atomic E-state index is 0.126. The van der Waals surface area contributed by atoms with Crippen LogP contribution >= 0.6 is 0 Å². The van der Waals surface area contributed by atoms with Gasteiger partial charge >= 0.3 is 6.03 Å². The predicted octanol–water partition coefficient (Wildman–Crippen LogP) is 2.84. The zero-order valence-corrected chi connectivity index (χ0v) is 21.3. The topological polar surface area (TPSA) is 95.9 Å². The maximum atomic E-state index is 13.7. The first-order valence-corrected chi connectivity index (χ1v) is 12.9. The second-order valence-electron chi connectivity index (χ2n) is 10.2. The monoisotopic (exact) mass is 500 g/mol. The minimum Gasteiger partial charge on any atom is -0.369 e. The maximum Gasteiger partial charge on any atom is 0.333 e. The number of hydrogen-bond donors (Lipinski definition) is 2. The summed E-state index contributed by atoms with van der Waals surface area (Å²) in [5.74, 6) is -0.126. The zero-order chi connectivity index (χ0) is 25.5. The molecular weight excluding hydrogens is 468 g/mol. The third kappa shape index (κ3) is 4.52. The molecule has 10 heteroatoms. The van der Waals surface area contributed by atoms with Crippen molar-refractivity contribution >= 4 is 28.9 Å². The van der Waals surface area contributed by atoms with Gasteiger partial charge in [0.05, 0.1) is 16.8 Å². The fourth-order valence-electron chi connectivity index (χ4n) is 5.42. The summed E-state index contributed by atoms with van der Waals surface area (Å²) in [4.78, 5) is 33.3. The van der Waals surface area contributed by atoms with Crippen molar-refractivity contribution in [3.63, 3.8) is 0 Å². The molecule has 3 aliphatic heterocycles. The minimum atomic E-state index is -0.433. The van der Waals surface area contributed by atoms with Crippen molar-refractivity contribution in [3.8, 4) is 0 Å². The fraction of sp³-hybridized carbons (Fsp3) is 0.407. The van der Waals surface area contributed by atoms with Gasteiger partial charge in [0.1, 0.15) is 11.7 Å². The number of nitrogens with one attached hydrogen (secondary N) is 2. The Bertz CT molecular complexity index is 1270. The molecule has 2 fully saturated rings. The van der Waals surface area contributed by atoms with Gasteiger partial charge < -0.3 is 20.0 Å². The van der Waals surface area contributed by atoms with Gasteiger partial charge in [-0.2, -0.15) is 10.2 Å².